The Morgan fingerprint density at radius 1 is 1.23 bits per heavy atom. The third kappa shape index (κ3) is 4.41. The van der Waals surface area contributed by atoms with Crippen molar-refractivity contribution in [3.63, 3.8) is 0 Å². The lowest BCUT2D eigenvalue weighted by Crippen LogP contribution is -2.65. The van der Waals surface area contributed by atoms with Crippen LogP contribution >= 0.6 is 0 Å². The zero-order chi connectivity index (χ0) is 21.4. The Hall–Kier alpha value is -2.57. The van der Waals surface area contributed by atoms with Crippen LogP contribution in [0, 0.1) is 11.3 Å². The predicted molar refractivity (Wildman–Crippen MR) is 119 cm³/mol. The molecule has 6 nitrogen and oxygen atoms in total. The summed E-state index contributed by atoms with van der Waals surface area (Å²) in [5, 5.41) is 12.8. The van der Waals surface area contributed by atoms with Crippen molar-refractivity contribution < 1.29 is 9.90 Å². The van der Waals surface area contributed by atoms with Crippen molar-refractivity contribution in [2.24, 2.45) is 11.3 Å². The van der Waals surface area contributed by atoms with Gasteiger partial charge >= 0.3 is 5.97 Å². The number of hydrogen-bond acceptors (Lipinski definition) is 5. The summed E-state index contributed by atoms with van der Waals surface area (Å²) >= 11 is 0. The molecule has 5 rings (SSSR count). The topological polar surface area (TPSA) is 78.4 Å². The average Bonchev–Trinajstić information content (AvgIpc) is 3.49. The maximum absolute atomic E-state index is 10.9. The molecule has 3 aliphatic rings. The summed E-state index contributed by atoms with van der Waals surface area (Å²) in [5.41, 5.74) is 4.20. The summed E-state index contributed by atoms with van der Waals surface area (Å²) in [4.78, 5) is 21.5. The van der Waals surface area contributed by atoms with Crippen LogP contribution in [-0.2, 0) is 6.54 Å². The molecular weight excluding hydrogens is 388 g/mol. The van der Waals surface area contributed by atoms with Crippen LogP contribution in [0.1, 0.15) is 54.4 Å². The highest BCUT2D eigenvalue weighted by molar-refractivity contribution is 5.84. The molecule has 1 aliphatic heterocycles. The Labute approximate surface area is 183 Å². The van der Waals surface area contributed by atoms with Crippen molar-refractivity contribution in [1.29, 1.82) is 0 Å². The lowest BCUT2D eigenvalue weighted by atomic mass is 9.60. The van der Waals surface area contributed by atoms with Gasteiger partial charge in [-0.15, -0.1) is 0 Å². The minimum atomic E-state index is -1.03. The van der Waals surface area contributed by atoms with E-state index in [9.17, 15) is 4.79 Å². The molecule has 2 atom stereocenters. The number of nitrogens with one attached hydrogen (secondary N) is 1. The Kier molecular flexibility index (Phi) is 5.36. The molecule has 1 saturated heterocycles. The number of nitrogens with zero attached hydrogens (tertiary/aromatic N) is 3. The van der Waals surface area contributed by atoms with E-state index in [4.69, 9.17) is 5.11 Å². The highest BCUT2D eigenvalue weighted by atomic mass is 16.4. The Bertz CT molecular complexity index is 959. The van der Waals surface area contributed by atoms with Crippen LogP contribution in [0.25, 0.3) is 6.08 Å². The molecule has 2 aromatic rings. The van der Waals surface area contributed by atoms with Gasteiger partial charge in [-0.25, -0.2) is 9.78 Å². The van der Waals surface area contributed by atoms with Crippen molar-refractivity contribution in [1.82, 2.24) is 20.2 Å². The third-order valence-electron chi connectivity index (χ3n) is 7.06. The van der Waals surface area contributed by atoms with E-state index in [0.717, 1.165) is 31.7 Å². The van der Waals surface area contributed by atoms with Crippen molar-refractivity contribution in [2.75, 3.05) is 13.1 Å². The fourth-order valence-electron chi connectivity index (χ4n) is 5.48. The molecule has 3 fully saturated rings. The van der Waals surface area contributed by atoms with Gasteiger partial charge in [-0.05, 0) is 42.6 Å². The molecule has 1 spiro atoms. The SMILES string of the molecule is CC/C(=C\c1ccccc1)[C@@H]1C[C@H]1NC1CC2(C1)CN(Cc1cnc(C(=O)O)cn1)C2. The average molecular weight is 419 g/mol. The molecule has 0 bridgehead atoms. The maximum atomic E-state index is 10.9. The molecule has 0 radical (unpaired) electrons. The zero-order valence-electron chi connectivity index (χ0n) is 18.0. The van der Waals surface area contributed by atoms with E-state index in [1.54, 1.807) is 11.8 Å². The number of aromatic nitrogens is 2. The van der Waals surface area contributed by atoms with Gasteiger partial charge in [0.2, 0.25) is 0 Å². The summed E-state index contributed by atoms with van der Waals surface area (Å²) in [7, 11) is 0. The van der Waals surface area contributed by atoms with Gasteiger partial charge in [0, 0.05) is 31.7 Å². The quantitative estimate of drug-likeness (QED) is 0.682. The van der Waals surface area contributed by atoms with E-state index in [0.29, 0.717) is 23.4 Å². The minimum Gasteiger partial charge on any atom is -0.476 e. The van der Waals surface area contributed by atoms with Crippen molar-refractivity contribution in [3.8, 4) is 0 Å². The number of carboxylic acid groups (broad SMARTS) is 1. The number of carboxylic acids is 1. The molecule has 6 heteroatoms. The summed E-state index contributed by atoms with van der Waals surface area (Å²) in [6.45, 7) is 5.23. The van der Waals surface area contributed by atoms with Gasteiger partial charge < -0.3 is 10.4 Å². The van der Waals surface area contributed by atoms with Crippen LogP contribution in [0.3, 0.4) is 0 Å². The maximum Gasteiger partial charge on any atom is 0.356 e. The first kappa shape index (κ1) is 20.3. The normalized spacial score (nSPS) is 25.1. The first-order valence-corrected chi connectivity index (χ1v) is 11.3. The molecule has 1 aromatic heterocycles. The Morgan fingerprint density at radius 2 is 2.00 bits per heavy atom. The van der Waals surface area contributed by atoms with Crippen LogP contribution in [0.2, 0.25) is 0 Å². The van der Waals surface area contributed by atoms with Gasteiger partial charge in [-0.1, -0.05) is 48.9 Å². The van der Waals surface area contributed by atoms with E-state index in [1.807, 2.05) is 0 Å². The lowest BCUT2D eigenvalue weighted by Gasteiger charge is -2.59. The van der Waals surface area contributed by atoms with Crippen molar-refractivity contribution >= 4 is 12.0 Å². The van der Waals surface area contributed by atoms with Crippen LogP contribution in [-0.4, -0.2) is 51.1 Å². The minimum absolute atomic E-state index is 0.0000344. The van der Waals surface area contributed by atoms with E-state index in [2.05, 4.69) is 63.5 Å². The molecule has 31 heavy (non-hydrogen) atoms. The second kappa shape index (κ2) is 8.17. The number of rotatable bonds is 8. The van der Waals surface area contributed by atoms with E-state index in [-0.39, 0.29) is 5.69 Å². The predicted octanol–water partition coefficient (Wildman–Crippen LogP) is 3.61. The van der Waals surface area contributed by atoms with E-state index in [1.165, 1.54) is 31.0 Å². The van der Waals surface area contributed by atoms with Crippen molar-refractivity contribution in [3.05, 3.63) is 65.2 Å². The second-order valence-corrected chi connectivity index (χ2v) is 9.55. The number of carbonyl (C=O) groups is 1. The monoisotopic (exact) mass is 418 g/mol. The summed E-state index contributed by atoms with van der Waals surface area (Å²) in [6.07, 6.45) is 10.2. The van der Waals surface area contributed by atoms with Crippen LogP contribution in [0.15, 0.2) is 48.3 Å². The van der Waals surface area contributed by atoms with Crippen molar-refractivity contribution in [2.45, 2.75) is 51.2 Å². The Morgan fingerprint density at radius 3 is 2.65 bits per heavy atom. The van der Waals surface area contributed by atoms with E-state index < -0.39 is 5.97 Å². The fraction of sp³-hybridized carbons (Fsp3) is 0.480. The van der Waals surface area contributed by atoms with E-state index >= 15 is 0 Å². The van der Waals surface area contributed by atoms with Gasteiger partial charge in [0.1, 0.15) is 0 Å². The first-order valence-electron chi connectivity index (χ1n) is 11.3. The molecule has 2 N–H and O–H groups in total. The van der Waals surface area contributed by atoms with Gasteiger partial charge in [-0.2, -0.15) is 0 Å². The summed E-state index contributed by atoms with van der Waals surface area (Å²) in [6, 6.07) is 12.0. The lowest BCUT2D eigenvalue weighted by molar-refractivity contribution is -0.0839. The first-order chi connectivity index (χ1) is 15.0. The Balaban J connectivity index is 1.05. The van der Waals surface area contributed by atoms with Gasteiger partial charge in [0.15, 0.2) is 5.69 Å². The van der Waals surface area contributed by atoms with Gasteiger partial charge in [0.05, 0.1) is 18.1 Å². The standard InChI is InChI=1S/C25H30N4O2/c1-2-18(8-17-6-4-3-5-7-17)21-9-22(21)28-19-10-25(11-19)15-29(16-25)14-20-12-27-23(13-26-20)24(30)31/h3-8,12-13,19,21-22,28H,2,9-11,14-16H2,1H3,(H,30,31)/b18-8+/t21-,22+/m0/s1. The number of hydrogen-bond donors (Lipinski definition) is 2. The highest BCUT2D eigenvalue weighted by Crippen LogP contribution is 2.50. The smallest absolute Gasteiger partial charge is 0.356 e. The number of likely N-dealkylation sites (tertiary alicyclic amines) is 1. The number of benzene rings is 1. The molecule has 2 aliphatic carbocycles. The summed E-state index contributed by atoms with van der Waals surface area (Å²) < 4.78 is 0. The third-order valence-corrected chi connectivity index (χ3v) is 7.06. The fourth-order valence-corrected chi connectivity index (χ4v) is 5.48. The molecule has 2 heterocycles. The summed E-state index contributed by atoms with van der Waals surface area (Å²) in [5.74, 6) is -0.332. The van der Waals surface area contributed by atoms with Crippen LogP contribution < -0.4 is 5.32 Å². The zero-order valence-corrected chi connectivity index (χ0v) is 18.0. The van der Waals surface area contributed by atoms with Crippen LogP contribution in [0.4, 0.5) is 0 Å². The molecule has 0 amide bonds. The van der Waals surface area contributed by atoms with Gasteiger partial charge in [-0.3, -0.25) is 9.88 Å². The molecular formula is C25H30N4O2. The molecule has 1 aromatic carbocycles. The molecule has 2 saturated carbocycles. The number of aromatic carboxylic acids is 1. The largest absolute Gasteiger partial charge is 0.476 e. The molecule has 162 valence electrons. The molecule has 0 unspecified atom stereocenters. The van der Waals surface area contributed by atoms with Crippen LogP contribution in [0.5, 0.6) is 0 Å². The second-order valence-electron chi connectivity index (χ2n) is 9.55. The van der Waals surface area contributed by atoms with Gasteiger partial charge in [0.25, 0.3) is 0 Å². The highest BCUT2D eigenvalue weighted by Gasteiger charge is 2.53.